The summed E-state index contributed by atoms with van der Waals surface area (Å²) in [5.41, 5.74) is 3.17. The van der Waals surface area contributed by atoms with Crippen LogP contribution in [0.2, 0.25) is 0 Å². The molecule has 1 aliphatic rings. The summed E-state index contributed by atoms with van der Waals surface area (Å²) in [7, 11) is 0. The van der Waals surface area contributed by atoms with Crippen molar-refractivity contribution in [3.05, 3.63) is 29.6 Å². The molecule has 0 unspecified atom stereocenters. The van der Waals surface area contributed by atoms with E-state index in [9.17, 15) is 0 Å². The van der Waals surface area contributed by atoms with Crippen molar-refractivity contribution in [2.45, 2.75) is 6.92 Å². The third-order valence-corrected chi connectivity index (χ3v) is 1.91. The Labute approximate surface area is 77.4 Å². The van der Waals surface area contributed by atoms with Crippen LogP contribution in [0.25, 0.3) is 6.08 Å². The first-order chi connectivity index (χ1) is 6.36. The van der Waals surface area contributed by atoms with Crippen LogP contribution in [0.5, 0.6) is 0 Å². The number of fused-ring (bicyclic) bond motifs is 1. The quantitative estimate of drug-likeness (QED) is 0.654. The molecule has 0 bridgehead atoms. The molecule has 13 heavy (non-hydrogen) atoms. The van der Waals surface area contributed by atoms with Crippen LogP contribution in [0.15, 0.2) is 18.3 Å². The van der Waals surface area contributed by atoms with Gasteiger partial charge >= 0.3 is 0 Å². The van der Waals surface area contributed by atoms with Crippen LogP contribution < -0.4 is 5.32 Å². The van der Waals surface area contributed by atoms with Crippen molar-refractivity contribution in [3.8, 4) is 0 Å². The van der Waals surface area contributed by atoms with E-state index in [0.717, 1.165) is 16.9 Å². The summed E-state index contributed by atoms with van der Waals surface area (Å²) in [5, 5.41) is 3.17. The third kappa shape index (κ3) is 1.87. The summed E-state index contributed by atoms with van der Waals surface area (Å²) in [6.45, 7) is 3.21. The number of nitrogens with zero attached hydrogens (tertiary/aromatic N) is 1. The second-order valence-corrected chi connectivity index (χ2v) is 3.04. The monoisotopic (exact) mass is 176 g/mol. The smallest absolute Gasteiger partial charge is 0.116 e. The lowest BCUT2D eigenvalue weighted by Gasteiger charge is -2.12. The molecule has 1 aromatic heterocycles. The number of anilines is 1. The maximum absolute atomic E-state index is 5.25. The molecule has 2 heterocycles. The van der Waals surface area contributed by atoms with E-state index in [4.69, 9.17) is 4.74 Å². The number of aryl methyl sites for hydroxylation is 1. The van der Waals surface area contributed by atoms with E-state index in [0.29, 0.717) is 13.3 Å². The number of ether oxygens (including phenoxy) is 1. The molecule has 0 saturated heterocycles. The van der Waals surface area contributed by atoms with Gasteiger partial charge in [0.1, 0.15) is 6.73 Å². The van der Waals surface area contributed by atoms with E-state index in [2.05, 4.69) is 16.4 Å². The van der Waals surface area contributed by atoms with Crippen molar-refractivity contribution in [2.75, 3.05) is 18.7 Å². The van der Waals surface area contributed by atoms with Crippen LogP contribution in [0, 0.1) is 6.92 Å². The Morgan fingerprint density at radius 1 is 1.54 bits per heavy atom. The van der Waals surface area contributed by atoms with Crippen LogP contribution in [0.4, 0.5) is 5.69 Å². The average molecular weight is 176 g/mol. The molecule has 3 heteroatoms. The molecule has 0 amide bonds. The SMILES string of the molecule is Cc1cnc2c(c1)NCOC/C=C\2. The highest BCUT2D eigenvalue weighted by Gasteiger charge is 2.02. The number of hydrogen-bond donors (Lipinski definition) is 1. The van der Waals surface area contributed by atoms with Gasteiger partial charge in [-0.15, -0.1) is 0 Å². The number of nitrogens with one attached hydrogen (secondary N) is 1. The fraction of sp³-hybridized carbons (Fsp3) is 0.300. The van der Waals surface area contributed by atoms with E-state index in [1.807, 2.05) is 25.3 Å². The van der Waals surface area contributed by atoms with E-state index in [1.165, 1.54) is 0 Å². The van der Waals surface area contributed by atoms with E-state index in [1.54, 1.807) is 0 Å². The fourth-order valence-corrected chi connectivity index (χ4v) is 1.27. The molecule has 2 rings (SSSR count). The molecule has 1 aliphatic heterocycles. The van der Waals surface area contributed by atoms with Gasteiger partial charge in [0, 0.05) is 6.20 Å². The van der Waals surface area contributed by atoms with Gasteiger partial charge in [-0.3, -0.25) is 4.98 Å². The zero-order valence-electron chi connectivity index (χ0n) is 7.58. The maximum Gasteiger partial charge on any atom is 0.116 e. The lowest BCUT2D eigenvalue weighted by atomic mass is 10.2. The van der Waals surface area contributed by atoms with Gasteiger partial charge in [-0.25, -0.2) is 0 Å². The second kappa shape index (κ2) is 3.58. The first-order valence-electron chi connectivity index (χ1n) is 4.31. The zero-order valence-corrected chi connectivity index (χ0v) is 7.58. The van der Waals surface area contributed by atoms with Gasteiger partial charge in [-0.1, -0.05) is 6.08 Å². The number of aromatic nitrogens is 1. The molecule has 0 spiro atoms. The molecule has 0 atom stereocenters. The van der Waals surface area contributed by atoms with Crippen LogP contribution in [0.3, 0.4) is 0 Å². The van der Waals surface area contributed by atoms with Gasteiger partial charge in [0.2, 0.25) is 0 Å². The number of hydrogen-bond acceptors (Lipinski definition) is 3. The minimum atomic E-state index is 0.544. The molecule has 0 aliphatic carbocycles. The predicted molar refractivity (Wildman–Crippen MR) is 52.4 cm³/mol. The van der Waals surface area contributed by atoms with Gasteiger partial charge in [0.15, 0.2) is 0 Å². The summed E-state index contributed by atoms with van der Waals surface area (Å²) < 4.78 is 5.25. The van der Waals surface area contributed by atoms with Crippen molar-refractivity contribution >= 4 is 11.8 Å². The summed E-state index contributed by atoms with van der Waals surface area (Å²) >= 11 is 0. The van der Waals surface area contributed by atoms with Crippen molar-refractivity contribution in [1.29, 1.82) is 0 Å². The van der Waals surface area contributed by atoms with E-state index < -0.39 is 0 Å². The Balaban J connectivity index is 2.40. The topological polar surface area (TPSA) is 34.2 Å². The van der Waals surface area contributed by atoms with Crippen LogP contribution in [-0.4, -0.2) is 18.3 Å². The Kier molecular flexibility index (Phi) is 2.27. The Bertz CT molecular complexity index is 334. The highest BCUT2D eigenvalue weighted by Crippen LogP contribution is 2.17. The highest BCUT2D eigenvalue weighted by atomic mass is 16.5. The summed E-state index contributed by atoms with van der Waals surface area (Å²) in [6, 6.07) is 2.07. The number of rotatable bonds is 0. The summed E-state index contributed by atoms with van der Waals surface area (Å²) in [6.07, 6.45) is 5.82. The standard InChI is InChI=1S/C10H12N2O/c1-8-5-10-9(11-6-8)3-2-4-13-7-12-10/h2-3,5-6,12H,4,7H2,1H3/b3-2-. The summed E-state index contributed by atoms with van der Waals surface area (Å²) in [4.78, 5) is 4.32. The molecular weight excluding hydrogens is 164 g/mol. The van der Waals surface area contributed by atoms with E-state index >= 15 is 0 Å². The van der Waals surface area contributed by atoms with Gasteiger partial charge in [0.05, 0.1) is 18.0 Å². The Morgan fingerprint density at radius 2 is 2.46 bits per heavy atom. The fourth-order valence-electron chi connectivity index (χ4n) is 1.27. The number of pyridine rings is 1. The average Bonchev–Trinajstić information content (AvgIpc) is 2.08. The molecule has 0 radical (unpaired) electrons. The lowest BCUT2D eigenvalue weighted by molar-refractivity contribution is 0.182. The zero-order chi connectivity index (χ0) is 9.10. The van der Waals surface area contributed by atoms with Crippen molar-refractivity contribution in [1.82, 2.24) is 4.98 Å². The molecule has 1 aromatic rings. The van der Waals surface area contributed by atoms with Crippen molar-refractivity contribution in [3.63, 3.8) is 0 Å². The van der Waals surface area contributed by atoms with Gasteiger partial charge < -0.3 is 10.1 Å². The van der Waals surface area contributed by atoms with Crippen LogP contribution in [-0.2, 0) is 4.74 Å². The van der Waals surface area contributed by atoms with Gasteiger partial charge in [-0.05, 0) is 24.6 Å². The van der Waals surface area contributed by atoms with Crippen LogP contribution >= 0.6 is 0 Å². The summed E-state index contributed by atoms with van der Waals surface area (Å²) in [5.74, 6) is 0. The lowest BCUT2D eigenvalue weighted by Crippen LogP contribution is -2.09. The van der Waals surface area contributed by atoms with Crippen LogP contribution in [0.1, 0.15) is 11.3 Å². The Hall–Kier alpha value is -1.35. The Morgan fingerprint density at radius 3 is 3.38 bits per heavy atom. The normalized spacial score (nSPS) is 17.9. The molecule has 1 N–H and O–H groups in total. The largest absolute Gasteiger partial charge is 0.361 e. The third-order valence-electron chi connectivity index (χ3n) is 1.91. The minimum absolute atomic E-state index is 0.544. The highest BCUT2D eigenvalue weighted by molar-refractivity contribution is 5.63. The molecule has 68 valence electrons. The maximum atomic E-state index is 5.25. The predicted octanol–water partition coefficient (Wildman–Crippen LogP) is 1.80. The molecule has 0 fully saturated rings. The molecular formula is C10H12N2O. The second-order valence-electron chi connectivity index (χ2n) is 3.04. The van der Waals surface area contributed by atoms with Crippen molar-refractivity contribution in [2.24, 2.45) is 0 Å². The first-order valence-corrected chi connectivity index (χ1v) is 4.31. The van der Waals surface area contributed by atoms with Gasteiger partial charge in [0.25, 0.3) is 0 Å². The minimum Gasteiger partial charge on any atom is -0.361 e. The molecule has 0 saturated carbocycles. The molecule has 0 aromatic carbocycles. The van der Waals surface area contributed by atoms with E-state index in [-0.39, 0.29) is 0 Å². The van der Waals surface area contributed by atoms with Gasteiger partial charge in [-0.2, -0.15) is 0 Å². The molecule has 3 nitrogen and oxygen atoms in total. The van der Waals surface area contributed by atoms with Crippen molar-refractivity contribution < 1.29 is 4.74 Å². The first kappa shape index (κ1) is 8.26.